The fraction of sp³-hybridized carbons (Fsp3) is 0.294. The van der Waals surface area contributed by atoms with Crippen LogP contribution >= 0.6 is 11.8 Å². The van der Waals surface area contributed by atoms with Gasteiger partial charge in [-0.1, -0.05) is 50.2 Å². The Hall–Kier alpha value is -1.25. The molecule has 0 aromatic heterocycles. The second-order valence-electron chi connectivity index (χ2n) is 5.04. The summed E-state index contributed by atoms with van der Waals surface area (Å²) in [6, 6.07) is 17.4. The zero-order chi connectivity index (χ0) is 13.7. The van der Waals surface area contributed by atoms with E-state index in [2.05, 4.69) is 62.4 Å². The van der Waals surface area contributed by atoms with Crippen LogP contribution in [0.5, 0.6) is 0 Å². The molecule has 100 valence electrons. The molecule has 2 aromatic carbocycles. The Morgan fingerprint density at radius 2 is 1.74 bits per heavy atom. The Labute approximate surface area is 120 Å². The van der Waals surface area contributed by atoms with Crippen molar-refractivity contribution in [1.82, 2.24) is 0 Å². The van der Waals surface area contributed by atoms with E-state index in [1.165, 1.54) is 21.6 Å². The highest BCUT2D eigenvalue weighted by Crippen LogP contribution is 2.24. The highest BCUT2D eigenvalue weighted by Gasteiger charge is 2.00. The van der Waals surface area contributed by atoms with Gasteiger partial charge in [0, 0.05) is 17.2 Å². The summed E-state index contributed by atoms with van der Waals surface area (Å²) >= 11 is 1.86. The molecule has 19 heavy (non-hydrogen) atoms. The van der Waals surface area contributed by atoms with Gasteiger partial charge in [0.1, 0.15) is 0 Å². The third-order valence-corrected chi connectivity index (χ3v) is 4.25. The molecule has 2 aromatic rings. The van der Waals surface area contributed by atoms with Crippen LogP contribution in [-0.4, -0.2) is 0 Å². The molecule has 0 atom stereocenters. The fourth-order valence-corrected chi connectivity index (χ4v) is 2.86. The number of nitrogens with two attached hydrogens (primary N) is 1. The lowest BCUT2D eigenvalue weighted by atomic mass is 10.0. The number of benzene rings is 2. The molecule has 0 aliphatic carbocycles. The van der Waals surface area contributed by atoms with Crippen molar-refractivity contribution in [2.75, 3.05) is 0 Å². The monoisotopic (exact) mass is 271 g/mol. The topological polar surface area (TPSA) is 26.0 Å². The van der Waals surface area contributed by atoms with Crippen molar-refractivity contribution in [1.29, 1.82) is 0 Å². The van der Waals surface area contributed by atoms with E-state index in [1.54, 1.807) is 0 Å². The Balaban J connectivity index is 1.98. The van der Waals surface area contributed by atoms with Crippen LogP contribution in [0.15, 0.2) is 53.4 Å². The van der Waals surface area contributed by atoms with E-state index >= 15 is 0 Å². The van der Waals surface area contributed by atoms with Gasteiger partial charge in [0.15, 0.2) is 0 Å². The molecule has 0 amide bonds. The van der Waals surface area contributed by atoms with E-state index < -0.39 is 0 Å². The quantitative estimate of drug-likeness (QED) is 0.807. The summed E-state index contributed by atoms with van der Waals surface area (Å²) in [6.45, 7) is 5.06. The first-order valence-electron chi connectivity index (χ1n) is 6.69. The van der Waals surface area contributed by atoms with Crippen molar-refractivity contribution >= 4 is 11.8 Å². The van der Waals surface area contributed by atoms with Crippen LogP contribution in [0.25, 0.3) is 0 Å². The van der Waals surface area contributed by atoms with E-state index in [4.69, 9.17) is 5.73 Å². The maximum Gasteiger partial charge on any atom is 0.0231 e. The van der Waals surface area contributed by atoms with Gasteiger partial charge in [0.25, 0.3) is 0 Å². The predicted octanol–water partition coefficient (Wildman–Crippen LogP) is 4.56. The molecule has 2 rings (SSSR count). The minimum atomic E-state index is 0.600. The normalized spacial score (nSPS) is 10.9. The summed E-state index contributed by atoms with van der Waals surface area (Å²) in [5.41, 5.74) is 9.63. The molecule has 0 radical (unpaired) electrons. The third-order valence-electron chi connectivity index (χ3n) is 3.19. The van der Waals surface area contributed by atoms with E-state index in [1.807, 2.05) is 11.8 Å². The first kappa shape index (κ1) is 14.2. The van der Waals surface area contributed by atoms with Crippen molar-refractivity contribution in [3.05, 3.63) is 65.2 Å². The minimum absolute atomic E-state index is 0.600. The lowest BCUT2D eigenvalue weighted by Crippen LogP contribution is -1.95. The van der Waals surface area contributed by atoms with Crippen molar-refractivity contribution in [2.45, 2.75) is 37.0 Å². The van der Waals surface area contributed by atoms with E-state index in [0.717, 1.165) is 5.75 Å². The Morgan fingerprint density at radius 3 is 2.37 bits per heavy atom. The average Bonchev–Trinajstić information content (AvgIpc) is 2.46. The van der Waals surface area contributed by atoms with Crippen molar-refractivity contribution < 1.29 is 0 Å². The second-order valence-corrected chi connectivity index (χ2v) is 6.09. The van der Waals surface area contributed by atoms with Crippen LogP contribution in [0.2, 0.25) is 0 Å². The zero-order valence-corrected chi connectivity index (χ0v) is 12.4. The van der Waals surface area contributed by atoms with Crippen molar-refractivity contribution in [3.8, 4) is 0 Å². The summed E-state index contributed by atoms with van der Waals surface area (Å²) in [6.07, 6.45) is 0. The Morgan fingerprint density at radius 1 is 1.00 bits per heavy atom. The highest BCUT2D eigenvalue weighted by molar-refractivity contribution is 7.98. The van der Waals surface area contributed by atoms with Crippen LogP contribution in [0.1, 0.15) is 36.5 Å². The molecule has 0 saturated carbocycles. The van der Waals surface area contributed by atoms with Crippen LogP contribution in [0.3, 0.4) is 0 Å². The van der Waals surface area contributed by atoms with Gasteiger partial charge in [0.2, 0.25) is 0 Å². The molecular formula is C17H21NS. The summed E-state index contributed by atoms with van der Waals surface area (Å²) in [7, 11) is 0. The van der Waals surface area contributed by atoms with E-state index in [9.17, 15) is 0 Å². The largest absolute Gasteiger partial charge is 0.326 e. The van der Waals surface area contributed by atoms with Gasteiger partial charge in [-0.25, -0.2) is 0 Å². The molecule has 2 heteroatoms. The molecule has 0 bridgehead atoms. The van der Waals surface area contributed by atoms with Gasteiger partial charge in [-0.05, 0) is 34.7 Å². The van der Waals surface area contributed by atoms with Gasteiger partial charge in [-0.15, -0.1) is 11.8 Å². The second kappa shape index (κ2) is 6.78. The van der Waals surface area contributed by atoms with Gasteiger partial charge >= 0.3 is 0 Å². The van der Waals surface area contributed by atoms with Gasteiger partial charge in [-0.2, -0.15) is 0 Å². The molecule has 0 aliphatic heterocycles. The van der Waals surface area contributed by atoms with Crippen LogP contribution in [0.4, 0.5) is 0 Å². The molecule has 0 aliphatic rings. The highest BCUT2D eigenvalue weighted by atomic mass is 32.2. The molecule has 2 N–H and O–H groups in total. The molecular weight excluding hydrogens is 250 g/mol. The average molecular weight is 271 g/mol. The predicted molar refractivity (Wildman–Crippen MR) is 84.4 cm³/mol. The summed E-state index contributed by atoms with van der Waals surface area (Å²) in [4.78, 5) is 1.29. The molecule has 0 heterocycles. The molecule has 0 fully saturated rings. The van der Waals surface area contributed by atoms with Gasteiger partial charge in [-0.3, -0.25) is 0 Å². The molecule has 0 saturated heterocycles. The van der Waals surface area contributed by atoms with Crippen LogP contribution < -0.4 is 5.73 Å². The fourth-order valence-electron chi connectivity index (χ4n) is 1.93. The standard InChI is InChI=1S/C17H21NS/c1-13(2)16-8-6-14(7-9-16)12-19-17-5-3-4-15(10-17)11-18/h3-10,13H,11-12,18H2,1-2H3. The Bertz CT molecular complexity index is 517. The van der Waals surface area contributed by atoms with E-state index in [0.29, 0.717) is 12.5 Å². The molecule has 1 nitrogen and oxygen atoms in total. The van der Waals surface area contributed by atoms with Crippen LogP contribution in [0, 0.1) is 0 Å². The maximum atomic E-state index is 5.66. The first-order chi connectivity index (χ1) is 9.19. The van der Waals surface area contributed by atoms with Crippen molar-refractivity contribution in [3.63, 3.8) is 0 Å². The number of thioether (sulfide) groups is 1. The summed E-state index contributed by atoms with van der Waals surface area (Å²) in [5.74, 6) is 1.61. The zero-order valence-electron chi connectivity index (χ0n) is 11.6. The number of rotatable bonds is 5. The lowest BCUT2D eigenvalue weighted by molar-refractivity contribution is 0.866. The first-order valence-corrected chi connectivity index (χ1v) is 7.68. The van der Waals surface area contributed by atoms with Crippen LogP contribution in [-0.2, 0) is 12.3 Å². The van der Waals surface area contributed by atoms with Gasteiger partial charge < -0.3 is 5.73 Å². The smallest absolute Gasteiger partial charge is 0.0231 e. The number of hydrogen-bond acceptors (Lipinski definition) is 2. The number of hydrogen-bond donors (Lipinski definition) is 1. The lowest BCUT2D eigenvalue weighted by Gasteiger charge is -2.07. The molecule has 0 spiro atoms. The summed E-state index contributed by atoms with van der Waals surface area (Å²) < 4.78 is 0. The Kier molecular flexibility index (Phi) is 5.06. The third kappa shape index (κ3) is 4.12. The summed E-state index contributed by atoms with van der Waals surface area (Å²) in [5, 5.41) is 0. The molecule has 0 unspecified atom stereocenters. The maximum absolute atomic E-state index is 5.66. The minimum Gasteiger partial charge on any atom is -0.326 e. The van der Waals surface area contributed by atoms with Crippen molar-refractivity contribution in [2.24, 2.45) is 5.73 Å². The van der Waals surface area contributed by atoms with Gasteiger partial charge in [0.05, 0.1) is 0 Å². The van der Waals surface area contributed by atoms with E-state index in [-0.39, 0.29) is 0 Å². The SMILES string of the molecule is CC(C)c1ccc(CSc2cccc(CN)c2)cc1.